The summed E-state index contributed by atoms with van der Waals surface area (Å²) in [6.45, 7) is 9.51. The van der Waals surface area contributed by atoms with Gasteiger partial charge in [0.2, 0.25) is 11.7 Å². The first-order valence-electron chi connectivity index (χ1n) is 9.96. The third-order valence-electron chi connectivity index (χ3n) is 4.15. The fraction of sp³-hybridized carbons (Fsp3) is 0.571. The molecule has 1 unspecified atom stereocenters. The van der Waals surface area contributed by atoms with Crippen molar-refractivity contribution in [3.8, 4) is 0 Å². The summed E-state index contributed by atoms with van der Waals surface area (Å²) in [4.78, 5) is 18.3. The van der Waals surface area contributed by atoms with E-state index >= 15 is 0 Å². The number of hydrogen-bond acceptors (Lipinski definition) is 6. The Labute approximate surface area is 178 Å². The summed E-state index contributed by atoms with van der Waals surface area (Å²) < 4.78 is 15.6. The minimum atomic E-state index is -0.336. The molecule has 162 valence electrons. The highest BCUT2D eigenvalue weighted by Crippen LogP contribution is 2.27. The van der Waals surface area contributed by atoms with Crippen LogP contribution in [0.1, 0.15) is 58.2 Å². The standard InChI is InChI=1S/C19H26ClN3O4.C2H6/c1-4-15(8-5-7-14(2)20)17-21-18(27-22-17)16-9-6-10-23(13-16)19(24)26-12-11-25-3;1-2/h4-5,7-8,16H,6,9-13H2,1-3H3;1-2H3/b8-5-,14-7+,15-4+;. The van der Waals surface area contributed by atoms with Crippen molar-refractivity contribution in [2.24, 2.45) is 0 Å². The second kappa shape index (κ2) is 14.0. The lowest BCUT2D eigenvalue weighted by molar-refractivity contribution is 0.0636. The summed E-state index contributed by atoms with van der Waals surface area (Å²) >= 11 is 5.83. The van der Waals surface area contributed by atoms with E-state index in [1.807, 2.05) is 45.9 Å². The number of carbonyl (C=O) groups excluding carboxylic acids is 1. The van der Waals surface area contributed by atoms with Crippen LogP contribution in [0.15, 0.2) is 33.9 Å². The molecule has 2 heterocycles. The van der Waals surface area contributed by atoms with Crippen molar-refractivity contribution in [1.29, 1.82) is 0 Å². The van der Waals surface area contributed by atoms with E-state index in [1.54, 1.807) is 18.1 Å². The maximum absolute atomic E-state index is 12.1. The normalized spacial score (nSPS) is 17.9. The van der Waals surface area contributed by atoms with Crippen LogP contribution in [0.25, 0.3) is 5.57 Å². The molecule has 2 rings (SSSR count). The van der Waals surface area contributed by atoms with Crippen LogP contribution in [-0.2, 0) is 9.47 Å². The van der Waals surface area contributed by atoms with Crippen LogP contribution in [0.2, 0.25) is 0 Å². The largest absolute Gasteiger partial charge is 0.447 e. The third kappa shape index (κ3) is 8.41. The van der Waals surface area contributed by atoms with Gasteiger partial charge in [-0.15, -0.1) is 0 Å². The Kier molecular flexibility index (Phi) is 12.0. The molecule has 1 fully saturated rings. The second-order valence-corrected chi connectivity index (χ2v) is 6.80. The first-order valence-corrected chi connectivity index (χ1v) is 10.3. The van der Waals surface area contributed by atoms with Crippen LogP contribution in [0, 0.1) is 0 Å². The summed E-state index contributed by atoms with van der Waals surface area (Å²) in [7, 11) is 1.57. The molecule has 0 aliphatic carbocycles. The number of ether oxygens (including phenoxy) is 2. The Morgan fingerprint density at radius 1 is 1.38 bits per heavy atom. The van der Waals surface area contributed by atoms with Gasteiger partial charge in [-0.1, -0.05) is 48.8 Å². The highest BCUT2D eigenvalue weighted by atomic mass is 35.5. The van der Waals surface area contributed by atoms with Gasteiger partial charge in [0.05, 0.1) is 12.5 Å². The number of aromatic nitrogens is 2. The third-order valence-corrected chi connectivity index (χ3v) is 4.28. The molecule has 8 heteroatoms. The molecule has 1 aliphatic rings. The molecule has 1 amide bonds. The lowest BCUT2D eigenvalue weighted by Crippen LogP contribution is -2.39. The van der Waals surface area contributed by atoms with E-state index in [4.69, 9.17) is 25.6 Å². The molecular weight excluding hydrogens is 394 g/mol. The molecule has 1 aromatic heterocycles. The number of likely N-dealkylation sites (tertiary alicyclic amines) is 1. The summed E-state index contributed by atoms with van der Waals surface area (Å²) in [5, 5.41) is 4.77. The zero-order chi connectivity index (χ0) is 21.6. The van der Waals surface area contributed by atoms with E-state index in [0.717, 1.165) is 18.4 Å². The zero-order valence-electron chi connectivity index (χ0n) is 18.0. The van der Waals surface area contributed by atoms with Crippen LogP contribution in [0.3, 0.4) is 0 Å². The predicted molar refractivity (Wildman–Crippen MR) is 115 cm³/mol. The van der Waals surface area contributed by atoms with E-state index < -0.39 is 0 Å². The lowest BCUT2D eigenvalue weighted by atomic mass is 9.98. The van der Waals surface area contributed by atoms with E-state index in [-0.39, 0.29) is 18.6 Å². The van der Waals surface area contributed by atoms with Crippen molar-refractivity contribution < 1.29 is 18.8 Å². The number of halogens is 1. The molecule has 7 nitrogen and oxygen atoms in total. The molecule has 1 aliphatic heterocycles. The highest BCUT2D eigenvalue weighted by Gasteiger charge is 2.29. The fourth-order valence-electron chi connectivity index (χ4n) is 2.75. The molecule has 0 spiro atoms. The molecule has 0 bridgehead atoms. The first kappa shape index (κ1) is 24.9. The highest BCUT2D eigenvalue weighted by molar-refractivity contribution is 6.29. The number of amides is 1. The van der Waals surface area contributed by atoms with Crippen LogP contribution in [0.4, 0.5) is 4.79 Å². The number of nitrogens with zero attached hydrogens (tertiary/aromatic N) is 3. The Hall–Kier alpha value is -2.12. The summed E-state index contributed by atoms with van der Waals surface area (Å²) in [6, 6.07) is 0. The fourth-order valence-corrected chi connectivity index (χ4v) is 2.82. The average Bonchev–Trinajstić information content (AvgIpc) is 3.23. The monoisotopic (exact) mass is 425 g/mol. The molecule has 0 N–H and O–H groups in total. The van der Waals surface area contributed by atoms with Crippen LogP contribution in [0.5, 0.6) is 0 Å². The number of allylic oxidation sites excluding steroid dienone is 6. The maximum atomic E-state index is 12.1. The smallest absolute Gasteiger partial charge is 0.409 e. The molecule has 1 aromatic rings. The van der Waals surface area contributed by atoms with Crippen molar-refractivity contribution in [3.05, 3.63) is 41.1 Å². The Balaban J connectivity index is 0.00000204. The summed E-state index contributed by atoms with van der Waals surface area (Å²) in [6.07, 6.45) is 8.82. The summed E-state index contributed by atoms with van der Waals surface area (Å²) in [5.41, 5.74) is 0.839. The van der Waals surface area contributed by atoms with Gasteiger partial charge in [0.25, 0.3) is 0 Å². The van der Waals surface area contributed by atoms with Crippen molar-refractivity contribution >= 4 is 23.3 Å². The van der Waals surface area contributed by atoms with Gasteiger partial charge in [-0.05, 0) is 32.8 Å². The minimum absolute atomic E-state index is 0.00189. The van der Waals surface area contributed by atoms with Gasteiger partial charge < -0.3 is 18.9 Å². The van der Waals surface area contributed by atoms with E-state index in [1.165, 1.54) is 0 Å². The van der Waals surface area contributed by atoms with Crippen molar-refractivity contribution in [3.63, 3.8) is 0 Å². The van der Waals surface area contributed by atoms with Crippen LogP contribution in [-0.4, -0.2) is 54.5 Å². The van der Waals surface area contributed by atoms with Crippen molar-refractivity contribution in [1.82, 2.24) is 15.0 Å². The second-order valence-electron chi connectivity index (χ2n) is 6.21. The topological polar surface area (TPSA) is 77.7 Å². The number of methoxy groups -OCH3 is 1. The van der Waals surface area contributed by atoms with Crippen LogP contribution < -0.4 is 0 Å². The van der Waals surface area contributed by atoms with Crippen LogP contribution >= 0.6 is 11.6 Å². The summed E-state index contributed by atoms with van der Waals surface area (Å²) in [5.74, 6) is 1.06. The first-order chi connectivity index (χ1) is 14.0. The maximum Gasteiger partial charge on any atom is 0.409 e. The van der Waals surface area contributed by atoms with E-state index in [2.05, 4.69) is 10.1 Å². The molecule has 0 saturated carbocycles. The van der Waals surface area contributed by atoms with E-state index in [9.17, 15) is 4.79 Å². The molecular formula is C21H32ClN3O4. The van der Waals surface area contributed by atoms with Gasteiger partial charge in [-0.2, -0.15) is 4.98 Å². The predicted octanol–water partition coefficient (Wildman–Crippen LogP) is 5.16. The van der Waals surface area contributed by atoms with Gasteiger partial charge >= 0.3 is 6.09 Å². The number of hydrogen-bond donors (Lipinski definition) is 0. The molecule has 1 saturated heterocycles. The van der Waals surface area contributed by atoms with Gasteiger partial charge in [0.1, 0.15) is 6.61 Å². The van der Waals surface area contributed by atoms with Gasteiger partial charge in [-0.3, -0.25) is 0 Å². The SMILES string of the molecule is CC.C\C=C(/C=C\C=C(/C)Cl)c1noc(C2CCCN(C(=O)OCCOC)C2)n1. The Morgan fingerprint density at radius 2 is 2.14 bits per heavy atom. The Morgan fingerprint density at radius 3 is 2.79 bits per heavy atom. The van der Waals surface area contributed by atoms with Gasteiger partial charge in [0, 0.05) is 30.8 Å². The quantitative estimate of drug-likeness (QED) is 0.443. The molecule has 29 heavy (non-hydrogen) atoms. The lowest BCUT2D eigenvalue weighted by Gasteiger charge is -2.30. The van der Waals surface area contributed by atoms with Crippen molar-refractivity contribution in [2.75, 3.05) is 33.4 Å². The van der Waals surface area contributed by atoms with Gasteiger partial charge in [-0.25, -0.2) is 4.79 Å². The molecule has 0 aromatic carbocycles. The number of rotatable bonds is 7. The molecule has 1 atom stereocenters. The molecule has 0 radical (unpaired) electrons. The number of piperidine rings is 1. The van der Waals surface area contributed by atoms with Gasteiger partial charge in [0.15, 0.2) is 0 Å². The minimum Gasteiger partial charge on any atom is -0.447 e. The van der Waals surface area contributed by atoms with E-state index in [0.29, 0.717) is 36.4 Å². The average molecular weight is 426 g/mol. The Bertz CT molecular complexity index is 709. The zero-order valence-corrected chi connectivity index (χ0v) is 18.7. The number of carbonyl (C=O) groups is 1. The van der Waals surface area contributed by atoms with Crippen molar-refractivity contribution in [2.45, 2.75) is 46.5 Å².